The summed E-state index contributed by atoms with van der Waals surface area (Å²) in [6.45, 7) is 2.95. The van der Waals surface area contributed by atoms with Gasteiger partial charge in [-0.05, 0) is 18.6 Å². The summed E-state index contributed by atoms with van der Waals surface area (Å²) in [7, 11) is 0. The molecule has 0 aliphatic carbocycles. The third-order valence-electron chi connectivity index (χ3n) is 1.79. The standard InChI is InChI=1S/C10H13N3/c1-2-6-13-9-5-3-4-8(7-11)10(9)12/h3-5,13H,2,6,12H2,1H3. The fraction of sp³-hybridized carbons (Fsp3) is 0.300. The number of nitriles is 1. The average molecular weight is 175 g/mol. The van der Waals surface area contributed by atoms with Gasteiger partial charge in [-0.3, -0.25) is 0 Å². The molecule has 68 valence electrons. The molecule has 1 rings (SSSR count). The van der Waals surface area contributed by atoms with Crippen molar-refractivity contribution in [2.45, 2.75) is 13.3 Å². The topological polar surface area (TPSA) is 61.8 Å². The molecule has 0 aliphatic heterocycles. The van der Waals surface area contributed by atoms with E-state index in [1.807, 2.05) is 18.2 Å². The van der Waals surface area contributed by atoms with Crippen LogP contribution in [-0.4, -0.2) is 6.54 Å². The van der Waals surface area contributed by atoms with Gasteiger partial charge in [0.2, 0.25) is 0 Å². The van der Waals surface area contributed by atoms with Gasteiger partial charge in [-0.1, -0.05) is 13.0 Å². The van der Waals surface area contributed by atoms with Gasteiger partial charge in [-0.2, -0.15) is 5.26 Å². The van der Waals surface area contributed by atoms with E-state index in [2.05, 4.69) is 12.2 Å². The average Bonchev–Trinajstić information content (AvgIpc) is 2.16. The molecule has 3 N–H and O–H groups in total. The Morgan fingerprint density at radius 1 is 1.54 bits per heavy atom. The van der Waals surface area contributed by atoms with Gasteiger partial charge in [-0.15, -0.1) is 0 Å². The zero-order valence-corrected chi connectivity index (χ0v) is 7.67. The van der Waals surface area contributed by atoms with E-state index in [1.54, 1.807) is 6.07 Å². The van der Waals surface area contributed by atoms with Crippen molar-refractivity contribution in [1.82, 2.24) is 0 Å². The number of nitrogens with one attached hydrogen (secondary N) is 1. The fourth-order valence-corrected chi connectivity index (χ4v) is 1.08. The van der Waals surface area contributed by atoms with Crippen LogP contribution in [0.15, 0.2) is 18.2 Å². The first-order chi connectivity index (χ1) is 6.29. The summed E-state index contributed by atoms with van der Waals surface area (Å²) in [6, 6.07) is 7.47. The summed E-state index contributed by atoms with van der Waals surface area (Å²) in [6.07, 6.45) is 1.04. The van der Waals surface area contributed by atoms with E-state index in [0.717, 1.165) is 18.7 Å². The predicted molar refractivity (Wildman–Crippen MR) is 54.4 cm³/mol. The number of benzene rings is 1. The normalized spacial score (nSPS) is 9.23. The van der Waals surface area contributed by atoms with Crippen molar-refractivity contribution in [3.63, 3.8) is 0 Å². The lowest BCUT2D eigenvalue weighted by Gasteiger charge is -2.08. The van der Waals surface area contributed by atoms with Crippen molar-refractivity contribution >= 4 is 11.4 Å². The number of para-hydroxylation sites is 1. The van der Waals surface area contributed by atoms with E-state index in [1.165, 1.54) is 0 Å². The molecule has 1 aromatic carbocycles. The number of nitrogens with zero attached hydrogens (tertiary/aromatic N) is 1. The third kappa shape index (κ3) is 2.12. The van der Waals surface area contributed by atoms with Crippen LogP contribution in [-0.2, 0) is 0 Å². The molecule has 3 nitrogen and oxygen atoms in total. The Balaban J connectivity index is 2.90. The van der Waals surface area contributed by atoms with Crippen LogP contribution >= 0.6 is 0 Å². The molecule has 0 radical (unpaired) electrons. The van der Waals surface area contributed by atoms with Gasteiger partial charge in [0.15, 0.2) is 0 Å². The van der Waals surface area contributed by atoms with Crippen molar-refractivity contribution in [3.8, 4) is 6.07 Å². The molecular formula is C10H13N3. The van der Waals surface area contributed by atoms with Crippen molar-refractivity contribution in [1.29, 1.82) is 5.26 Å². The highest BCUT2D eigenvalue weighted by atomic mass is 14.9. The van der Waals surface area contributed by atoms with Crippen molar-refractivity contribution in [2.24, 2.45) is 0 Å². The highest BCUT2D eigenvalue weighted by Gasteiger charge is 2.02. The molecule has 0 saturated carbocycles. The second-order valence-corrected chi connectivity index (χ2v) is 2.81. The first-order valence-corrected chi connectivity index (χ1v) is 4.32. The maximum atomic E-state index is 8.71. The second-order valence-electron chi connectivity index (χ2n) is 2.81. The Morgan fingerprint density at radius 2 is 2.31 bits per heavy atom. The predicted octanol–water partition coefficient (Wildman–Crippen LogP) is 1.96. The molecule has 0 atom stereocenters. The van der Waals surface area contributed by atoms with Gasteiger partial charge in [0.1, 0.15) is 6.07 Å². The number of nitrogen functional groups attached to an aromatic ring is 1. The fourth-order valence-electron chi connectivity index (χ4n) is 1.08. The molecule has 3 heteroatoms. The minimum atomic E-state index is 0.529. The lowest BCUT2D eigenvalue weighted by Crippen LogP contribution is -2.03. The Hall–Kier alpha value is -1.69. The molecular weight excluding hydrogens is 162 g/mol. The summed E-state index contributed by atoms with van der Waals surface area (Å²) < 4.78 is 0. The number of hydrogen-bond donors (Lipinski definition) is 2. The Kier molecular flexibility index (Phi) is 3.15. The van der Waals surface area contributed by atoms with E-state index >= 15 is 0 Å². The Morgan fingerprint density at radius 3 is 2.92 bits per heavy atom. The second kappa shape index (κ2) is 4.36. The van der Waals surface area contributed by atoms with Crippen molar-refractivity contribution in [2.75, 3.05) is 17.6 Å². The first kappa shape index (κ1) is 9.40. The van der Waals surface area contributed by atoms with E-state index in [0.29, 0.717) is 11.3 Å². The minimum Gasteiger partial charge on any atom is -0.396 e. The third-order valence-corrected chi connectivity index (χ3v) is 1.79. The molecule has 13 heavy (non-hydrogen) atoms. The lowest BCUT2D eigenvalue weighted by molar-refractivity contribution is 0.980. The first-order valence-electron chi connectivity index (χ1n) is 4.32. The molecule has 0 heterocycles. The number of nitrogens with two attached hydrogens (primary N) is 1. The SMILES string of the molecule is CCCNc1cccc(C#N)c1N. The van der Waals surface area contributed by atoms with Gasteiger partial charge in [0.05, 0.1) is 16.9 Å². The number of anilines is 2. The van der Waals surface area contributed by atoms with Gasteiger partial charge in [0, 0.05) is 6.54 Å². The maximum absolute atomic E-state index is 8.71. The van der Waals surface area contributed by atoms with Crippen LogP contribution in [0, 0.1) is 11.3 Å². The van der Waals surface area contributed by atoms with Gasteiger partial charge < -0.3 is 11.1 Å². The van der Waals surface area contributed by atoms with Gasteiger partial charge in [0.25, 0.3) is 0 Å². The smallest absolute Gasteiger partial charge is 0.101 e. The van der Waals surface area contributed by atoms with Crippen LogP contribution in [0.3, 0.4) is 0 Å². The lowest BCUT2D eigenvalue weighted by atomic mass is 10.1. The highest BCUT2D eigenvalue weighted by Crippen LogP contribution is 2.21. The van der Waals surface area contributed by atoms with Crippen LogP contribution in [0.25, 0.3) is 0 Å². The number of hydrogen-bond acceptors (Lipinski definition) is 3. The highest BCUT2D eigenvalue weighted by molar-refractivity contribution is 5.72. The van der Waals surface area contributed by atoms with Crippen LogP contribution in [0.1, 0.15) is 18.9 Å². The van der Waals surface area contributed by atoms with Crippen molar-refractivity contribution < 1.29 is 0 Å². The van der Waals surface area contributed by atoms with Crippen LogP contribution in [0.5, 0.6) is 0 Å². The molecule has 0 aromatic heterocycles. The summed E-state index contributed by atoms with van der Waals surface area (Å²) in [5.74, 6) is 0. The molecule has 0 saturated heterocycles. The summed E-state index contributed by atoms with van der Waals surface area (Å²) in [5.41, 5.74) is 7.67. The van der Waals surface area contributed by atoms with Crippen LogP contribution in [0.2, 0.25) is 0 Å². The molecule has 1 aromatic rings. The Labute approximate surface area is 78.2 Å². The molecule has 0 bridgehead atoms. The quantitative estimate of drug-likeness (QED) is 0.690. The largest absolute Gasteiger partial charge is 0.396 e. The summed E-state index contributed by atoms with van der Waals surface area (Å²) in [5, 5.41) is 11.9. The van der Waals surface area contributed by atoms with E-state index in [-0.39, 0.29) is 0 Å². The number of rotatable bonds is 3. The van der Waals surface area contributed by atoms with Crippen LogP contribution < -0.4 is 11.1 Å². The van der Waals surface area contributed by atoms with Gasteiger partial charge in [-0.25, -0.2) is 0 Å². The maximum Gasteiger partial charge on any atom is 0.101 e. The molecule has 0 amide bonds. The van der Waals surface area contributed by atoms with E-state index in [9.17, 15) is 0 Å². The van der Waals surface area contributed by atoms with Gasteiger partial charge >= 0.3 is 0 Å². The summed E-state index contributed by atoms with van der Waals surface area (Å²) in [4.78, 5) is 0. The van der Waals surface area contributed by atoms with Crippen molar-refractivity contribution in [3.05, 3.63) is 23.8 Å². The van der Waals surface area contributed by atoms with E-state index < -0.39 is 0 Å². The molecule has 0 fully saturated rings. The summed E-state index contributed by atoms with van der Waals surface area (Å²) >= 11 is 0. The van der Waals surface area contributed by atoms with E-state index in [4.69, 9.17) is 11.0 Å². The monoisotopic (exact) mass is 175 g/mol. The molecule has 0 unspecified atom stereocenters. The Bertz CT molecular complexity index is 325. The van der Waals surface area contributed by atoms with Crippen LogP contribution in [0.4, 0.5) is 11.4 Å². The molecule has 0 aliphatic rings. The molecule has 0 spiro atoms. The zero-order chi connectivity index (χ0) is 9.68. The zero-order valence-electron chi connectivity index (χ0n) is 7.67. The minimum absolute atomic E-state index is 0.529.